The van der Waals surface area contributed by atoms with Gasteiger partial charge in [-0.05, 0) is 47.7 Å². The minimum absolute atomic E-state index is 0.0258. The number of hydrogen-bond donors (Lipinski definition) is 1. The van der Waals surface area contributed by atoms with Gasteiger partial charge in [-0.25, -0.2) is 0 Å². The van der Waals surface area contributed by atoms with E-state index in [2.05, 4.69) is 20.7 Å². The van der Waals surface area contributed by atoms with Gasteiger partial charge in [-0.2, -0.15) is 4.80 Å². The van der Waals surface area contributed by atoms with E-state index in [1.807, 2.05) is 43.5 Å². The second kappa shape index (κ2) is 6.47. The maximum absolute atomic E-state index is 12.2. The molecule has 8 heteroatoms. The molecule has 0 saturated carbocycles. The van der Waals surface area contributed by atoms with Gasteiger partial charge in [0.15, 0.2) is 0 Å². The number of nitrogens with one attached hydrogen (secondary N) is 1. The summed E-state index contributed by atoms with van der Waals surface area (Å²) >= 11 is 7.71. The summed E-state index contributed by atoms with van der Waals surface area (Å²) in [5.41, 5.74) is 2.57. The van der Waals surface area contributed by atoms with Crippen molar-refractivity contribution in [2.75, 3.05) is 5.32 Å². The van der Waals surface area contributed by atoms with Gasteiger partial charge >= 0.3 is 0 Å². The van der Waals surface area contributed by atoms with Crippen LogP contribution in [0.25, 0.3) is 10.7 Å². The highest BCUT2D eigenvalue weighted by atomic mass is 35.5. The third kappa shape index (κ3) is 3.57. The molecule has 6 nitrogen and oxygen atoms in total. The van der Waals surface area contributed by atoms with Gasteiger partial charge in [-0.1, -0.05) is 23.7 Å². The number of halogens is 1. The molecule has 0 aliphatic carbocycles. The number of carbonyl (C=O) groups is 1. The average molecular weight is 348 g/mol. The van der Waals surface area contributed by atoms with Gasteiger partial charge in [0.1, 0.15) is 6.54 Å². The first-order chi connectivity index (χ1) is 11.0. The summed E-state index contributed by atoms with van der Waals surface area (Å²) in [6.45, 7) is 3.83. The number of aromatic nitrogens is 4. The van der Waals surface area contributed by atoms with E-state index in [0.29, 0.717) is 16.5 Å². The molecule has 118 valence electrons. The SMILES string of the molecule is Cc1cc(C)c(NC(=O)Cn2nnc(-c3cccs3)n2)c(Cl)c1. The predicted octanol–water partition coefficient (Wildman–Crippen LogP) is 3.31. The van der Waals surface area contributed by atoms with Crippen LogP contribution in [0.5, 0.6) is 0 Å². The minimum atomic E-state index is -0.256. The van der Waals surface area contributed by atoms with Gasteiger partial charge in [-0.3, -0.25) is 4.79 Å². The predicted molar refractivity (Wildman–Crippen MR) is 90.7 cm³/mol. The van der Waals surface area contributed by atoms with E-state index >= 15 is 0 Å². The molecule has 2 heterocycles. The number of amides is 1. The van der Waals surface area contributed by atoms with Gasteiger partial charge in [0, 0.05) is 0 Å². The van der Waals surface area contributed by atoms with E-state index in [1.165, 1.54) is 16.1 Å². The van der Waals surface area contributed by atoms with Crippen molar-refractivity contribution in [3.05, 3.63) is 45.8 Å². The maximum Gasteiger partial charge on any atom is 0.248 e. The van der Waals surface area contributed by atoms with Gasteiger partial charge in [0.2, 0.25) is 11.7 Å². The number of anilines is 1. The van der Waals surface area contributed by atoms with Crippen molar-refractivity contribution < 1.29 is 4.79 Å². The van der Waals surface area contributed by atoms with Crippen LogP contribution in [0.3, 0.4) is 0 Å². The van der Waals surface area contributed by atoms with Crippen LogP contribution in [0, 0.1) is 13.8 Å². The normalized spacial score (nSPS) is 10.7. The van der Waals surface area contributed by atoms with Crippen molar-refractivity contribution in [3.8, 4) is 10.7 Å². The number of carbonyl (C=O) groups excluding carboxylic acids is 1. The van der Waals surface area contributed by atoms with Crippen LogP contribution >= 0.6 is 22.9 Å². The first-order valence-corrected chi connectivity index (χ1v) is 8.17. The molecule has 0 spiro atoms. The van der Waals surface area contributed by atoms with Crippen molar-refractivity contribution >= 4 is 34.5 Å². The van der Waals surface area contributed by atoms with Crippen molar-refractivity contribution in [2.45, 2.75) is 20.4 Å². The Bertz CT molecular complexity index is 820. The standard InChI is InChI=1S/C15H14ClN5OS/c1-9-6-10(2)14(11(16)7-9)17-13(22)8-21-19-15(18-20-21)12-4-3-5-23-12/h3-7H,8H2,1-2H3,(H,17,22). The highest BCUT2D eigenvalue weighted by Crippen LogP contribution is 2.27. The topological polar surface area (TPSA) is 72.7 Å². The Morgan fingerprint density at radius 2 is 2.22 bits per heavy atom. The van der Waals surface area contributed by atoms with Crippen molar-refractivity contribution in [2.24, 2.45) is 0 Å². The van der Waals surface area contributed by atoms with Crippen LogP contribution in [0.2, 0.25) is 5.02 Å². The number of nitrogens with zero attached hydrogens (tertiary/aromatic N) is 4. The number of benzene rings is 1. The van der Waals surface area contributed by atoms with E-state index in [0.717, 1.165) is 16.0 Å². The third-order valence-electron chi connectivity index (χ3n) is 3.18. The van der Waals surface area contributed by atoms with E-state index in [1.54, 1.807) is 0 Å². The van der Waals surface area contributed by atoms with Crippen LogP contribution in [0.15, 0.2) is 29.6 Å². The van der Waals surface area contributed by atoms with Gasteiger partial charge in [-0.15, -0.1) is 21.5 Å². The van der Waals surface area contributed by atoms with Gasteiger partial charge < -0.3 is 5.32 Å². The number of thiophene rings is 1. The lowest BCUT2D eigenvalue weighted by molar-refractivity contribution is -0.117. The fourth-order valence-electron chi connectivity index (χ4n) is 2.20. The second-order valence-corrected chi connectivity index (χ2v) is 6.46. The average Bonchev–Trinajstić information content (AvgIpc) is 3.13. The molecule has 0 atom stereocenters. The fourth-order valence-corrected chi connectivity index (χ4v) is 3.21. The Hall–Kier alpha value is -2.25. The highest BCUT2D eigenvalue weighted by molar-refractivity contribution is 7.13. The Morgan fingerprint density at radius 3 is 2.91 bits per heavy atom. The Kier molecular flexibility index (Phi) is 4.40. The molecular weight excluding hydrogens is 334 g/mol. The molecule has 0 radical (unpaired) electrons. The smallest absolute Gasteiger partial charge is 0.248 e. The molecule has 0 aliphatic rings. The third-order valence-corrected chi connectivity index (χ3v) is 4.34. The monoisotopic (exact) mass is 347 g/mol. The van der Waals surface area contributed by atoms with E-state index in [4.69, 9.17) is 11.6 Å². The zero-order valence-electron chi connectivity index (χ0n) is 12.6. The quantitative estimate of drug-likeness (QED) is 0.785. The zero-order chi connectivity index (χ0) is 16.4. The second-order valence-electron chi connectivity index (χ2n) is 5.11. The molecule has 3 aromatic rings. The maximum atomic E-state index is 12.2. The lowest BCUT2D eigenvalue weighted by Gasteiger charge is -2.11. The number of rotatable bonds is 4. The summed E-state index contributed by atoms with van der Waals surface area (Å²) in [7, 11) is 0. The van der Waals surface area contributed by atoms with Crippen LogP contribution in [0.4, 0.5) is 5.69 Å². The molecule has 0 aliphatic heterocycles. The Labute approximate surface area is 142 Å². The zero-order valence-corrected chi connectivity index (χ0v) is 14.1. The molecule has 1 aromatic carbocycles. The summed E-state index contributed by atoms with van der Waals surface area (Å²) in [5, 5.41) is 17.3. The lowest BCUT2D eigenvalue weighted by Crippen LogP contribution is -2.21. The summed E-state index contributed by atoms with van der Waals surface area (Å²) in [6, 6.07) is 7.59. The van der Waals surface area contributed by atoms with E-state index in [-0.39, 0.29) is 12.5 Å². The van der Waals surface area contributed by atoms with Crippen LogP contribution in [-0.4, -0.2) is 26.1 Å². The number of tetrazole rings is 1. The molecular formula is C15H14ClN5OS. The largest absolute Gasteiger partial charge is 0.323 e. The van der Waals surface area contributed by atoms with E-state index in [9.17, 15) is 4.79 Å². The Balaban J connectivity index is 1.71. The van der Waals surface area contributed by atoms with Gasteiger partial charge in [0.05, 0.1) is 15.6 Å². The molecule has 0 fully saturated rings. The molecule has 2 aromatic heterocycles. The van der Waals surface area contributed by atoms with Crippen molar-refractivity contribution in [1.82, 2.24) is 20.2 Å². The molecule has 0 bridgehead atoms. The van der Waals surface area contributed by atoms with E-state index < -0.39 is 0 Å². The number of aryl methyl sites for hydroxylation is 2. The van der Waals surface area contributed by atoms with Crippen LogP contribution in [-0.2, 0) is 11.3 Å². The van der Waals surface area contributed by atoms with Crippen LogP contribution < -0.4 is 5.32 Å². The Morgan fingerprint density at radius 1 is 1.39 bits per heavy atom. The molecule has 0 saturated heterocycles. The summed E-state index contributed by atoms with van der Waals surface area (Å²) in [6.07, 6.45) is 0. The molecule has 1 N–H and O–H groups in total. The summed E-state index contributed by atoms with van der Waals surface area (Å²) < 4.78 is 0. The fraction of sp³-hybridized carbons (Fsp3) is 0.200. The molecule has 1 amide bonds. The molecule has 0 unspecified atom stereocenters. The first kappa shape index (κ1) is 15.6. The van der Waals surface area contributed by atoms with Crippen molar-refractivity contribution in [1.29, 1.82) is 0 Å². The number of hydrogen-bond acceptors (Lipinski definition) is 5. The lowest BCUT2D eigenvalue weighted by atomic mass is 10.1. The first-order valence-electron chi connectivity index (χ1n) is 6.91. The summed E-state index contributed by atoms with van der Waals surface area (Å²) in [4.78, 5) is 14.3. The van der Waals surface area contributed by atoms with Crippen LogP contribution in [0.1, 0.15) is 11.1 Å². The molecule has 3 rings (SSSR count). The highest BCUT2D eigenvalue weighted by Gasteiger charge is 2.13. The van der Waals surface area contributed by atoms with Crippen molar-refractivity contribution in [3.63, 3.8) is 0 Å². The van der Waals surface area contributed by atoms with Gasteiger partial charge in [0.25, 0.3) is 0 Å². The summed E-state index contributed by atoms with van der Waals surface area (Å²) in [5.74, 6) is 0.256. The minimum Gasteiger partial charge on any atom is -0.323 e. The molecule has 23 heavy (non-hydrogen) atoms.